The number of esters is 1. The van der Waals surface area contributed by atoms with Gasteiger partial charge in [0.05, 0.1) is 6.61 Å². The molecule has 0 aliphatic rings. The zero-order chi connectivity index (χ0) is 11.7. The number of carbonyl (C=O) groups is 1. The zero-order valence-electron chi connectivity index (χ0n) is 10.3. The Morgan fingerprint density at radius 2 is 2.07 bits per heavy atom. The maximum Gasteiger partial charge on any atom is 0.306 e. The lowest BCUT2D eigenvalue weighted by Crippen LogP contribution is -2.20. The maximum atomic E-state index is 11.4. The fourth-order valence-corrected chi connectivity index (χ4v) is 1.50. The van der Waals surface area contributed by atoms with Crippen molar-refractivity contribution in [3.8, 4) is 0 Å². The van der Waals surface area contributed by atoms with E-state index in [1.165, 1.54) is 0 Å². The average Bonchev–Trinajstić information content (AvgIpc) is 2.23. The molecule has 0 aliphatic carbocycles. The number of hydrogen-bond donors (Lipinski definition) is 1. The summed E-state index contributed by atoms with van der Waals surface area (Å²) in [7, 11) is 0. The van der Waals surface area contributed by atoms with E-state index in [1.807, 2.05) is 6.92 Å². The van der Waals surface area contributed by atoms with Crippen LogP contribution in [0.3, 0.4) is 0 Å². The van der Waals surface area contributed by atoms with Gasteiger partial charge >= 0.3 is 5.97 Å². The third-order valence-electron chi connectivity index (χ3n) is 2.68. The smallest absolute Gasteiger partial charge is 0.306 e. The van der Waals surface area contributed by atoms with Gasteiger partial charge in [-0.25, -0.2) is 0 Å². The second-order valence-corrected chi connectivity index (χ2v) is 4.29. The van der Waals surface area contributed by atoms with Crippen LogP contribution in [-0.2, 0) is 9.53 Å². The molecule has 2 unspecified atom stereocenters. The SMILES string of the molecule is CCCC(C)COC(=O)CC(CC)CN. The van der Waals surface area contributed by atoms with Gasteiger partial charge in [-0.3, -0.25) is 4.79 Å². The summed E-state index contributed by atoms with van der Waals surface area (Å²) in [5.74, 6) is 0.645. The highest BCUT2D eigenvalue weighted by molar-refractivity contribution is 5.69. The summed E-state index contributed by atoms with van der Waals surface area (Å²) in [4.78, 5) is 11.4. The molecule has 0 aromatic carbocycles. The lowest BCUT2D eigenvalue weighted by Gasteiger charge is -2.14. The minimum absolute atomic E-state index is 0.102. The Labute approximate surface area is 93.4 Å². The van der Waals surface area contributed by atoms with Crippen molar-refractivity contribution in [2.24, 2.45) is 17.6 Å². The van der Waals surface area contributed by atoms with Crippen molar-refractivity contribution in [1.29, 1.82) is 0 Å². The van der Waals surface area contributed by atoms with E-state index < -0.39 is 0 Å². The fourth-order valence-electron chi connectivity index (χ4n) is 1.50. The summed E-state index contributed by atoms with van der Waals surface area (Å²) in [6.07, 6.45) is 3.66. The summed E-state index contributed by atoms with van der Waals surface area (Å²) in [6, 6.07) is 0. The van der Waals surface area contributed by atoms with Gasteiger partial charge in [0.2, 0.25) is 0 Å². The molecule has 0 aliphatic heterocycles. The lowest BCUT2D eigenvalue weighted by atomic mass is 10.0. The molecule has 0 rings (SSSR count). The summed E-state index contributed by atoms with van der Waals surface area (Å²) in [6.45, 7) is 7.41. The summed E-state index contributed by atoms with van der Waals surface area (Å²) < 4.78 is 5.20. The summed E-state index contributed by atoms with van der Waals surface area (Å²) in [5.41, 5.74) is 5.53. The predicted octanol–water partition coefficient (Wildman–Crippen LogP) is 2.34. The van der Waals surface area contributed by atoms with E-state index in [9.17, 15) is 4.79 Å². The second-order valence-electron chi connectivity index (χ2n) is 4.29. The van der Waals surface area contributed by atoms with Gasteiger partial charge < -0.3 is 10.5 Å². The third-order valence-corrected chi connectivity index (χ3v) is 2.68. The first kappa shape index (κ1) is 14.4. The minimum Gasteiger partial charge on any atom is -0.465 e. The van der Waals surface area contributed by atoms with Crippen LogP contribution in [0.1, 0.15) is 46.5 Å². The van der Waals surface area contributed by atoms with Crippen LogP contribution in [0.4, 0.5) is 0 Å². The molecule has 0 bridgehead atoms. The van der Waals surface area contributed by atoms with Gasteiger partial charge in [-0.1, -0.05) is 33.6 Å². The number of hydrogen-bond acceptors (Lipinski definition) is 3. The normalized spacial score (nSPS) is 14.7. The molecule has 0 heterocycles. The van der Waals surface area contributed by atoms with Crippen molar-refractivity contribution in [1.82, 2.24) is 0 Å². The Morgan fingerprint density at radius 1 is 1.40 bits per heavy atom. The molecule has 0 saturated carbocycles. The van der Waals surface area contributed by atoms with E-state index in [2.05, 4.69) is 13.8 Å². The van der Waals surface area contributed by atoms with Crippen LogP contribution in [0, 0.1) is 11.8 Å². The minimum atomic E-state index is -0.102. The molecule has 3 heteroatoms. The fraction of sp³-hybridized carbons (Fsp3) is 0.917. The lowest BCUT2D eigenvalue weighted by molar-refractivity contribution is -0.146. The molecular weight excluding hydrogens is 190 g/mol. The van der Waals surface area contributed by atoms with E-state index in [0.29, 0.717) is 25.5 Å². The Bertz CT molecular complexity index is 167. The number of ether oxygens (including phenoxy) is 1. The van der Waals surface area contributed by atoms with Crippen molar-refractivity contribution in [2.45, 2.75) is 46.5 Å². The molecule has 0 aromatic heterocycles. The van der Waals surface area contributed by atoms with Crippen LogP contribution < -0.4 is 5.73 Å². The maximum absolute atomic E-state index is 11.4. The van der Waals surface area contributed by atoms with E-state index >= 15 is 0 Å². The topological polar surface area (TPSA) is 52.3 Å². The van der Waals surface area contributed by atoms with Gasteiger partial charge in [0.1, 0.15) is 0 Å². The first-order valence-corrected chi connectivity index (χ1v) is 5.99. The largest absolute Gasteiger partial charge is 0.465 e. The van der Waals surface area contributed by atoms with Crippen LogP contribution in [-0.4, -0.2) is 19.1 Å². The summed E-state index contributed by atoms with van der Waals surface area (Å²) >= 11 is 0. The summed E-state index contributed by atoms with van der Waals surface area (Å²) in [5, 5.41) is 0. The van der Waals surface area contributed by atoms with Crippen LogP contribution >= 0.6 is 0 Å². The molecule has 15 heavy (non-hydrogen) atoms. The Morgan fingerprint density at radius 3 is 2.53 bits per heavy atom. The zero-order valence-corrected chi connectivity index (χ0v) is 10.3. The van der Waals surface area contributed by atoms with Crippen molar-refractivity contribution in [3.05, 3.63) is 0 Å². The molecular formula is C12H25NO2. The molecule has 2 N–H and O–H groups in total. The highest BCUT2D eigenvalue weighted by Crippen LogP contribution is 2.09. The number of carbonyl (C=O) groups excluding carboxylic acids is 1. The number of nitrogens with two attached hydrogens (primary N) is 1. The molecule has 3 nitrogen and oxygen atoms in total. The Balaban J connectivity index is 3.64. The van der Waals surface area contributed by atoms with Gasteiger partial charge in [-0.15, -0.1) is 0 Å². The standard InChI is InChI=1S/C12H25NO2/c1-4-6-10(3)9-15-12(14)7-11(5-2)8-13/h10-11H,4-9,13H2,1-3H3. The van der Waals surface area contributed by atoms with Crippen molar-refractivity contribution in [2.75, 3.05) is 13.2 Å². The monoisotopic (exact) mass is 215 g/mol. The number of rotatable bonds is 8. The van der Waals surface area contributed by atoms with Gasteiger partial charge in [0.25, 0.3) is 0 Å². The predicted molar refractivity (Wildman–Crippen MR) is 62.5 cm³/mol. The van der Waals surface area contributed by atoms with Crippen LogP contribution in [0.5, 0.6) is 0 Å². The molecule has 2 atom stereocenters. The van der Waals surface area contributed by atoms with E-state index in [-0.39, 0.29) is 11.9 Å². The van der Waals surface area contributed by atoms with Crippen LogP contribution in [0.15, 0.2) is 0 Å². The quantitative estimate of drug-likeness (QED) is 0.632. The van der Waals surface area contributed by atoms with Gasteiger partial charge in [-0.2, -0.15) is 0 Å². The van der Waals surface area contributed by atoms with Crippen molar-refractivity contribution in [3.63, 3.8) is 0 Å². The van der Waals surface area contributed by atoms with E-state index in [1.54, 1.807) is 0 Å². The van der Waals surface area contributed by atoms with Gasteiger partial charge in [0, 0.05) is 6.42 Å². The molecule has 0 aromatic rings. The van der Waals surface area contributed by atoms with Crippen LogP contribution in [0.2, 0.25) is 0 Å². The van der Waals surface area contributed by atoms with Crippen molar-refractivity contribution < 1.29 is 9.53 Å². The first-order chi connectivity index (χ1) is 7.13. The van der Waals surface area contributed by atoms with Crippen LogP contribution in [0.25, 0.3) is 0 Å². The molecule has 0 saturated heterocycles. The highest BCUT2D eigenvalue weighted by atomic mass is 16.5. The van der Waals surface area contributed by atoms with Gasteiger partial charge in [-0.05, 0) is 24.8 Å². The molecule has 0 radical (unpaired) electrons. The molecule has 0 amide bonds. The second kappa shape index (κ2) is 8.72. The molecule has 90 valence electrons. The van der Waals surface area contributed by atoms with Gasteiger partial charge in [0.15, 0.2) is 0 Å². The van der Waals surface area contributed by atoms with E-state index in [4.69, 9.17) is 10.5 Å². The highest BCUT2D eigenvalue weighted by Gasteiger charge is 2.12. The first-order valence-electron chi connectivity index (χ1n) is 5.99. The molecule has 0 spiro atoms. The van der Waals surface area contributed by atoms with Crippen molar-refractivity contribution >= 4 is 5.97 Å². The Kier molecular flexibility index (Phi) is 8.38. The van der Waals surface area contributed by atoms with E-state index in [0.717, 1.165) is 19.3 Å². The Hall–Kier alpha value is -0.570. The average molecular weight is 215 g/mol. The molecule has 0 fully saturated rings. The third kappa shape index (κ3) is 7.37.